The lowest BCUT2D eigenvalue weighted by Crippen LogP contribution is -2.07. The minimum Gasteiger partial charge on any atom is -0.304 e. The average Bonchev–Trinajstić information content (AvgIpc) is 2.29. The van der Waals surface area contributed by atoms with Crippen LogP contribution in [0.2, 0.25) is 0 Å². The molecule has 0 saturated carbocycles. The summed E-state index contributed by atoms with van der Waals surface area (Å²) in [5.41, 5.74) is 2.83. The quantitative estimate of drug-likeness (QED) is 0.728. The van der Waals surface area contributed by atoms with Gasteiger partial charge in [-0.1, -0.05) is 38.1 Å². The summed E-state index contributed by atoms with van der Waals surface area (Å²) < 4.78 is 0. The Bertz CT molecular complexity index is 282. The van der Waals surface area contributed by atoms with Gasteiger partial charge in [-0.2, -0.15) is 0 Å². The van der Waals surface area contributed by atoms with Crippen molar-refractivity contribution in [1.29, 1.82) is 0 Å². The van der Waals surface area contributed by atoms with Crippen molar-refractivity contribution in [3.8, 4) is 0 Å². The third-order valence-corrected chi connectivity index (χ3v) is 2.97. The van der Waals surface area contributed by atoms with Crippen molar-refractivity contribution in [2.24, 2.45) is 5.90 Å². The van der Waals surface area contributed by atoms with Gasteiger partial charge in [-0.3, -0.25) is 0 Å². The molecule has 0 fully saturated rings. The molecule has 2 nitrogen and oxygen atoms in total. The van der Waals surface area contributed by atoms with Crippen LogP contribution in [0.1, 0.15) is 43.7 Å². The molecule has 0 spiro atoms. The van der Waals surface area contributed by atoms with Crippen molar-refractivity contribution in [2.75, 3.05) is 6.61 Å². The minimum absolute atomic E-state index is 0.594. The second kappa shape index (κ2) is 6.59. The van der Waals surface area contributed by atoms with Crippen LogP contribution in [-0.2, 0) is 11.3 Å². The molecule has 0 radical (unpaired) electrons. The first-order chi connectivity index (χ1) is 7.33. The summed E-state index contributed by atoms with van der Waals surface area (Å²) in [4.78, 5) is 4.65. The molecule has 0 saturated heterocycles. The predicted octanol–water partition coefficient (Wildman–Crippen LogP) is 3.02. The summed E-state index contributed by atoms with van der Waals surface area (Å²) in [6.45, 7) is 5.08. The molecule has 1 aromatic rings. The van der Waals surface area contributed by atoms with Crippen molar-refractivity contribution in [1.82, 2.24) is 0 Å². The molecule has 2 heteroatoms. The van der Waals surface area contributed by atoms with E-state index < -0.39 is 0 Å². The number of hydrogen-bond acceptors (Lipinski definition) is 2. The first-order valence-electron chi connectivity index (χ1n) is 5.72. The van der Waals surface area contributed by atoms with Gasteiger partial charge in [0.05, 0.1) is 6.61 Å². The lowest BCUT2D eigenvalue weighted by atomic mass is 9.89. The van der Waals surface area contributed by atoms with Gasteiger partial charge in [0.15, 0.2) is 0 Å². The molecule has 0 atom stereocenters. The number of hydrogen-bond donors (Lipinski definition) is 1. The second-order valence-corrected chi connectivity index (χ2v) is 3.83. The maximum atomic E-state index is 5.07. The fraction of sp³-hybridized carbons (Fsp3) is 0.538. The number of benzene rings is 1. The van der Waals surface area contributed by atoms with E-state index in [1.807, 2.05) is 0 Å². The van der Waals surface area contributed by atoms with Crippen molar-refractivity contribution in [3.63, 3.8) is 0 Å². The Balaban J connectivity index is 2.84. The second-order valence-electron chi connectivity index (χ2n) is 3.83. The molecule has 0 bridgehead atoms. The summed E-state index contributed by atoms with van der Waals surface area (Å²) in [7, 11) is 0. The van der Waals surface area contributed by atoms with E-state index in [1.165, 1.54) is 24.0 Å². The largest absolute Gasteiger partial charge is 0.304 e. The molecule has 0 aromatic heterocycles. The van der Waals surface area contributed by atoms with E-state index in [0.717, 1.165) is 6.42 Å². The average molecular weight is 207 g/mol. The lowest BCUT2D eigenvalue weighted by molar-refractivity contribution is 0.141. The maximum Gasteiger partial charge on any atom is 0.0719 e. The molecular weight excluding hydrogens is 186 g/mol. The maximum absolute atomic E-state index is 5.07. The standard InChI is InChI=1S/C13H21NO/c1-3-11(4-2)13-8-6-5-7-12(13)9-10-15-14/h5-8,11H,3-4,9-10,14H2,1-2H3. The summed E-state index contributed by atoms with van der Waals surface area (Å²) in [5, 5.41) is 0. The van der Waals surface area contributed by atoms with Gasteiger partial charge in [-0.05, 0) is 36.3 Å². The predicted molar refractivity (Wildman–Crippen MR) is 63.6 cm³/mol. The van der Waals surface area contributed by atoms with Crippen LogP contribution in [0.4, 0.5) is 0 Å². The number of rotatable bonds is 6. The van der Waals surface area contributed by atoms with Crippen molar-refractivity contribution in [3.05, 3.63) is 35.4 Å². The highest BCUT2D eigenvalue weighted by atomic mass is 16.6. The van der Waals surface area contributed by atoms with Crippen molar-refractivity contribution >= 4 is 0 Å². The van der Waals surface area contributed by atoms with Gasteiger partial charge < -0.3 is 4.84 Å². The molecule has 0 amide bonds. The molecule has 1 aromatic carbocycles. The van der Waals surface area contributed by atoms with Crippen LogP contribution < -0.4 is 5.90 Å². The zero-order valence-corrected chi connectivity index (χ0v) is 9.70. The molecule has 0 aliphatic rings. The molecule has 0 unspecified atom stereocenters. The first-order valence-corrected chi connectivity index (χ1v) is 5.72. The van der Waals surface area contributed by atoms with Crippen LogP contribution in [0.25, 0.3) is 0 Å². The summed E-state index contributed by atoms with van der Waals surface area (Å²) in [6, 6.07) is 8.59. The molecule has 0 aliphatic heterocycles. The topological polar surface area (TPSA) is 35.2 Å². The van der Waals surface area contributed by atoms with Gasteiger partial charge in [-0.25, -0.2) is 5.90 Å². The molecule has 2 N–H and O–H groups in total. The highest BCUT2D eigenvalue weighted by Crippen LogP contribution is 2.26. The van der Waals surface area contributed by atoms with E-state index in [2.05, 4.69) is 43.0 Å². The number of nitrogens with two attached hydrogens (primary N) is 1. The van der Waals surface area contributed by atoms with E-state index in [1.54, 1.807) is 0 Å². The van der Waals surface area contributed by atoms with E-state index in [4.69, 9.17) is 5.90 Å². The van der Waals surface area contributed by atoms with Gasteiger partial charge in [-0.15, -0.1) is 0 Å². The molecule has 1 rings (SSSR count). The van der Waals surface area contributed by atoms with Gasteiger partial charge in [0.2, 0.25) is 0 Å². The Hall–Kier alpha value is -0.860. The van der Waals surface area contributed by atoms with Gasteiger partial charge in [0.1, 0.15) is 0 Å². The molecule has 0 aliphatic carbocycles. The van der Waals surface area contributed by atoms with E-state index >= 15 is 0 Å². The van der Waals surface area contributed by atoms with Crippen LogP contribution >= 0.6 is 0 Å². The Morgan fingerprint density at radius 2 is 1.87 bits per heavy atom. The SMILES string of the molecule is CCC(CC)c1ccccc1CCON. The van der Waals surface area contributed by atoms with Gasteiger partial charge in [0, 0.05) is 0 Å². The fourth-order valence-corrected chi connectivity index (χ4v) is 2.06. The Morgan fingerprint density at radius 3 is 2.47 bits per heavy atom. The highest BCUT2D eigenvalue weighted by molar-refractivity contribution is 5.30. The summed E-state index contributed by atoms with van der Waals surface area (Å²) >= 11 is 0. The third-order valence-electron chi connectivity index (χ3n) is 2.97. The minimum atomic E-state index is 0.594. The monoisotopic (exact) mass is 207 g/mol. The molecule has 15 heavy (non-hydrogen) atoms. The first kappa shape index (κ1) is 12.2. The van der Waals surface area contributed by atoms with Crippen molar-refractivity contribution < 1.29 is 4.84 Å². The Kier molecular flexibility index (Phi) is 5.37. The molecular formula is C13H21NO. The third kappa shape index (κ3) is 3.33. The highest BCUT2D eigenvalue weighted by Gasteiger charge is 2.10. The van der Waals surface area contributed by atoms with E-state index in [0.29, 0.717) is 12.5 Å². The van der Waals surface area contributed by atoms with Crippen LogP contribution in [-0.4, -0.2) is 6.61 Å². The van der Waals surface area contributed by atoms with Crippen LogP contribution in [0, 0.1) is 0 Å². The Labute approximate surface area is 92.4 Å². The summed E-state index contributed by atoms with van der Waals surface area (Å²) in [5.74, 6) is 5.73. The van der Waals surface area contributed by atoms with Crippen molar-refractivity contribution in [2.45, 2.75) is 39.0 Å². The lowest BCUT2D eigenvalue weighted by Gasteiger charge is -2.17. The van der Waals surface area contributed by atoms with Crippen LogP contribution in [0.15, 0.2) is 24.3 Å². The van der Waals surface area contributed by atoms with Gasteiger partial charge >= 0.3 is 0 Å². The molecule has 0 heterocycles. The Morgan fingerprint density at radius 1 is 1.20 bits per heavy atom. The smallest absolute Gasteiger partial charge is 0.0719 e. The summed E-state index contributed by atoms with van der Waals surface area (Å²) in [6.07, 6.45) is 3.29. The zero-order valence-electron chi connectivity index (χ0n) is 9.70. The fourth-order valence-electron chi connectivity index (χ4n) is 2.06. The van der Waals surface area contributed by atoms with E-state index in [-0.39, 0.29) is 0 Å². The van der Waals surface area contributed by atoms with Crippen LogP contribution in [0.5, 0.6) is 0 Å². The zero-order chi connectivity index (χ0) is 11.1. The van der Waals surface area contributed by atoms with Crippen LogP contribution in [0.3, 0.4) is 0 Å². The molecule has 84 valence electrons. The van der Waals surface area contributed by atoms with Gasteiger partial charge in [0.25, 0.3) is 0 Å². The van der Waals surface area contributed by atoms with E-state index in [9.17, 15) is 0 Å². The normalized spacial score (nSPS) is 10.9.